The number of hydrogen-bond acceptors (Lipinski definition) is 5. The van der Waals surface area contributed by atoms with Crippen LogP contribution in [0.4, 0.5) is 0 Å². The first-order chi connectivity index (χ1) is 9.82. The first-order valence-corrected chi connectivity index (χ1v) is 8.74. The number of esters is 1. The van der Waals surface area contributed by atoms with E-state index in [2.05, 4.69) is 23.5 Å². The molecule has 0 bridgehead atoms. The molecule has 1 unspecified atom stereocenters. The maximum Gasteiger partial charge on any atom is 0.306 e. The first-order valence-electron chi connectivity index (χ1n) is 7.35. The second-order valence-electron chi connectivity index (χ2n) is 5.35. The highest BCUT2D eigenvalue weighted by atomic mass is 32.2. The van der Waals surface area contributed by atoms with E-state index in [1.165, 1.54) is 22.8 Å². The van der Waals surface area contributed by atoms with Crippen molar-refractivity contribution in [2.75, 3.05) is 46.9 Å². The van der Waals surface area contributed by atoms with Crippen LogP contribution in [0.5, 0.6) is 0 Å². The second kappa shape index (κ2) is 8.07. The van der Waals surface area contributed by atoms with Gasteiger partial charge in [0.05, 0.1) is 13.5 Å². The Balaban J connectivity index is 2.54. The van der Waals surface area contributed by atoms with Crippen LogP contribution in [0, 0.1) is 0 Å². The molecule has 1 fully saturated rings. The van der Waals surface area contributed by atoms with Crippen molar-refractivity contribution in [3.63, 3.8) is 0 Å². The van der Waals surface area contributed by atoms with Crippen molar-refractivity contribution in [2.24, 2.45) is 0 Å². The molecule has 21 heavy (non-hydrogen) atoms. The lowest BCUT2D eigenvalue weighted by Crippen LogP contribution is -2.54. The predicted octanol–water partition coefficient (Wildman–Crippen LogP) is 0.142. The highest BCUT2D eigenvalue weighted by Crippen LogP contribution is 2.14. The van der Waals surface area contributed by atoms with Crippen LogP contribution >= 0.6 is 0 Å². The summed E-state index contributed by atoms with van der Waals surface area (Å²) in [6, 6.07) is 0.479. The number of ether oxygens (including phenoxy) is 1. The Morgan fingerprint density at radius 2 is 1.86 bits per heavy atom. The number of hydrogen-bond donors (Lipinski definition) is 0. The summed E-state index contributed by atoms with van der Waals surface area (Å²) in [6.45, 7) is 6.92. The van der Waals surface area contributed by atoms with E-state index in [-0.39, 0.29) is 13.0 Å². The number of methoxy groups -OCH3 is 1. The van der Waals surface area contributed by atoms with Crippen LogP contribution in [0.1, 0.15) is 26.7 Å². The van der Waals surface area contributed by atoms with Gasteiger partial charge in [-0.15, -0.1) is 0 Å². The molecule has 1 aliphatic rings. The Morgan fingerprint density at radius 3 is 2.33 bits per heavy atom. The zero-order valence-electron chi connectivity index (χ0n) is 13.4. The van der Waals surface area contributed by atoms with E-state index in [4.69, 9.17) is 0 Å². The van der Waals surface area contributed by atoms with Crippen LogP contribution < -0.4 is 0 Å². The topological polar surface area (TPSA) is 70.2 Å². The normalized spacial score (nSPS) is 19.7. The quantitative estimate of drug-likeness (QED) is 0.624. The smallest absolute Gasteiger partial charge is 0.306 e. The molecule has 0 aromatic heterocycles. The number of carbonyl (C=O) groups is 1. The molecule has 1 aliphatic heterocycles. The summed E-state index contributed by atoms with van der Waals surface area (Å²) in [5.41, 5.74) is 0. The maximum absolute atomic E-state index is 12.4. The standard InChI is InChI=1S/C13H27N3O4S/c1-5-12(2)15-8-10-16(11-9-15)21(18,19)14(3)7-6-13(17)20-4/h12H,5-11H2,1-4H3. The molecule has 7 nitrogen and oxygen atoms in total. The monoisotopic (exact) mass is 321 g/mol. The van der Waals surface area contributed by atoms with Gasteiger partial charge in [0.2, 0.25) is 0 Å². The molecular weight excluding hydrogens is 294 g/mol. The summed E-state index contributed by atoms with van der Waals surface area (Å²) >= 11 is 0. The van der Waals surface area contributed by atoms with Crippen molar-refractivity contribution in [1.82, 2.24) is 13.5 Å². The van der Waals surface area contributed by atoms with Gasteiger partial charge < -0.3 is 4.74 Å². The van der Waals surface area contributed by atoms with Crippen LogP contribution in [-0.2, 0) is 19.7 Å². The van der Waals surface area contributed by atoms with E-state index >= 15 is 0 Å². The Morgan fingerprint density at radius 1 is 1.29 bits per heavy atom. The van der Waals surface area contributed by atoms with E-state index in [1.54, 1.807) is 0 Å². The lowest BCUT2D eigenvalue weighted by atomic mass is 10.2. The van der Waals surface area contributed by atoms with Crippen LogP contribution in [0.3, 0.4) is 0 Å². The molecule has 0 aromatic carbocycles. The fourth-order valence-corrected chi connectivity index (χ4v) is 3.64. The van der Waals surface area contributed by atoms with E-state index in [0.29, 0.717) is 19.1 Å². The molecule has 1 saturated heterocycles. The highest BCUT2D eigenvalue weighted by Gasteiger charge is 2.31. The summed E-state index contributed by atoms with van der Waals surface area (Å²) in [6.07, 6.45) is 1.13. The van der Waals surface area contributed by atoms with Gasteiger partial charge >= 0.3 is 5.97 Å². The molecule has 124 valence electrons. The van der Waals surface area contributed by atoms with E-state index < -0.39 is 16.2 Å². The molecule has 8 heteroatoms. The van der Waals surface area contributed by atoms with Gasteiger partial charge in [0.1, 0.15) is 0 Å². The van der Waals surface area contributed by atoms with Crippen LogP contribution in [0.2, 0.25) is 0 Å². The Bertz CT molecular complexity index is 433. The third-order valence-corrected chi connectivity index (χ3v) is 6.05. The van der Waals surface area contributed by atoms with Gasteiger partial charge in [0, 0.05) is 45.8 Å². The van der Waals surface area contributed by atoms with E-state index in [0.717, 1.165) is 19.5 Å². The van der Waals surface area contributed by atoms with Crippen LogP contribution in [-0.4, -0.2) is 80.8 Å². The Labute approximate surface area is 128 Å². The molecule has 0 amide bonds. The number of piperazine rings is 1. The molecule has 0 aliphatic carbocycles. The molecule has 0 radical (unpaired) electrons. The zero-order valence-corrected chi connectivity index (χ0v) is 14.2. The van der Waals surface area contributed by atoms with Gasteiger partial charge in [-0.1, -0.05) is 6.92 Å². The van der Waals surface area contributed by atoms with Gasteiger partial charge in [0.25, 0.3) is 10.2 Å². The minimum atomic E-state index is -3.49. The minimum absolute atomic E-state index is 0.0685. The summed E-state index contributed by atoms with van der Waals surface area (Å²) in [5.74, 6) is -0.404. The van der Waals surface area contributed by atoms with E-state index in [9.17, 15) is 13.2 Å². The highest BCUT2D eigenvalue weighted by molar-refractivity contribution is 7.86. The second-order valence-corrected chi connectivity index (χ2v) is 7.38. The third kappa shape index (κ3) is 4.91. The predicted molar refractivity (Wildman–Crippen MR) is 81.1 cm³/mol. The molecule has 1 rings (SSSR count). The fraction of sp³-hybridized carbons (Fsp3) is 0.923. The summed E-state index contributed by atoms with van der Waals surface area (Å²) in [4.78, 5) is 13.4. The van der Waals surface area contributed by atoms with Gasteiger partial charge in [-0.25, -0.2) is 0 Å². The number of nitrogens with zero attached hydrogens (tertiary/aromatic N) is 3. The summed E-state index contributed by atoms with van der Waals surface area (Å²) in [7, 11) is -0.694. The minimum Gasteiger partial charge on any atom is -0.469 e. The number of carbonyl (C=O) groups excluding carboxylic acids is 1. The van der Waals surface area contributed by atoms with Gasteiger partial charge in [-0.3, -0.25) is 9.69 Å². The Hall–Kier alpha value is -0.700. The molecule has 0 saturated carbocycles. The molecule has 0 spiro atoms. The molecule has 1 atom stereocenters. The van der Waals surface area contributed by atoms with Crippen molar-refractivity contribution in [2.45, 2.75) is 32.7 Å². The molecular formula is C13H27N3O4S. The van der Waals surface area contributed by atoms with Gasteiger partial charge in [0.15, 0.2) is 0 Å². The maximum atomic E-state index is 12.4. The lowest BCUT2D eigenvalue weighted by Gasteiger charge is -2.38. The van der Waals surface area contributed by atoms with Crippen molar-refractivity contribution in [3.8, 4) is 0 Å². The summed E-state index contributed by atoms with van der Waals surface area (Å²) < 4.78 is 32.1. The largest absolute Gasteiger partial charge is 0.469 e. The Kier molecular flexibility index (Phi) is 7.05. The van der Waals surface area contributed by atoms with Crippen LogP contribution in [0.15, 0.2) is 0 Å². The van der Waals surface area contributed by atoms with Crippen molar-refractivity contribution >= 4 is 16.2 Å². The van der Waals surface area contributed by atoms with Crippen molar-refractivity contribution in [1.29, 1.82) is 0 Å². The lowest BCUT2D eigenvalue weighted by molar-refractivity contribution is -0.140. The average molecular weight is 321 g/mol. The number of rotatable bonds is 7. The van der Waals surface area contributed by atoms with Crippen LogP contribution in [0.25, 0.3) is 0 Å². The average Bonchev–Trinajstić information content (AvgIpc) is 2.51. The first kappa shape index (κ1) is 18.3. The molecule has 0 N–H and O–H groups in total. The SMILES string of the molecule is CCC(C)N1CCN(S(=O)(=O)N(C)CCC(=O)OC)CC1. The van der Waals surface area contributed by atoms with Gasteiger partial charge in [-0.05, 0) is 13.3 Å². The molecule has 1 heterocycles. The molecule has 0 aromatic rings. The fourth-order valence-electron chi connectivity index (χ4n) is 2.30. The van der Waals surface area contributed by atoms with Crippen molar-refractivity contribution < 1.29 is 17.9 Å². The van der Waals surface area contributed by atoms with Gasteiger partial charge in [-0.2, -0.15) is 17.0 Å². The van der Waals surface area contributed by atoms with E-state index in [1.807, 2.05) is 0 Å². The third-order valence-electron chi connectivity index (χ3n) is 4.07. The summed E-state index contributed by atoms with van der Waals surface area (Å²) in [5, 5.41) is 0. The van der Waals surface area contributed by atoms with Crippen molar-refractivity contribution in [3.05, 3.63) is 0 Å². The zero-order chi connectivity index (χ0) is 16.0.